The van der Waals surface area contributed by atoms with Crippen molar-refractivity contribution in [3.05, 3.63) is 58.9 Å². The van der Waals surface area contributed by atoms with Gasteiger partial charge in [-0.25, -0.2) is 4.98 Å². The second-order valence-corrected chi connectivity index (χ2v) is 7.22. The first-order valence-electron chi connectivity index (χ1n) is 9.62. The van der Waals surface area contributed by atoms with E-state index in [1.165, 1.54) is 18.4 Å². The number of nitrogens with zero attached hydrogens (tertiary/aromatic N) is 3. The fourth-order valence-corrected chi connectivity index (χ4v) is 3.56. The fourth-order valence-electron chi connectivity index (χ4n) is 3.45. The van der Waals surface area contributed by atoms with Crippen LogP contribution in [0, 0.1) is 0 Å². The Hall–Kier alpha value is -2.31. The van der Waals surface area contributed by atoms with Gasteiger partial charge >= 0.3 is 0 Å². The summed E-state index contributed by atoms with van der Waals surface area (Å²) in [6, 6.07) is 12.4. The molecule has 1 atom stereocenters. The van der Waals surface area contributed by atoms with Crippen LogP contribution in [-0.4, -0.2) is 49.6 Å². The van der Waals surface area contributed by atoms with Crippen molar-refractivity contribution in [2.75, 3.05) is 33.8 Å². The van der Waals surface area contributed by atoms with Gasteiger partial charge in [-0.05, 0) is 55.3 Å². The minimum absolute atomic E-state index is 0.296. The largest absolute Gasteiger partial charge is 0.497 e. The van der Waals surface area contributed by atoms with Gasteiger partial charge in [0.1, 0.15) is 10.9 Å². The second kappa shape index (κ2) is 10.3. The van der Waals surface area contributed by atoms with Crippen molar-refractivity contribution in [1.29, 1.82) is 0 Å². The van der Waals surface area contributed by atoms with E-state index in [-0.39, 0.29) is 0 Å². The number of nitrogens with one attached hydrogen (secondary N) is 2. The lowest BCUT2D eigenvalue weighted by atomic mass is 10.1. The molecule has 1 unspecified atom stereocenters. The van der Waals surface area contributed by atoms with Gasteiger partial charge in [-0.2, -0.15) is 0 Å². The Morgan fingerprint density at radius 3 is 2.54 bits per heavy atom. The van der Waals surface area contributed by atoms with E-state index >= 15 is 0 Å². The molecule has 2 N–H and O–H groups in total. The Balaban J connectivity index is 1.61. The number of aromatic nitrogens is 1. The number of rotatable bonds is 7. The number of hydrogen-bond acceptors (Lipinski definition) is 4. The maximum atomic E-state index is 5.85. The molecular formula is C21H28ClN5O. The van der Waals surface area contributed by atoms with Crippen LogP contribution in [0.2, 0.25) is 5.15 Å². The topological polar surface area (TPSA) is 61.8 Å². The van der Waals surface area contributed by atoms with Gasteiger partial charge < -0.3 is 15.4 Å². The summed E-state index contributed by atoms with van der Waals surface area (Å²) in [5.41, 5.74) is 2.34. The van der Waals surface area contributed by atoms with E-state index < -0.39 is 0 Å². The summed E-state index contributed by atoms with van der Waals surface area (Å²) in [4.78, 5) is 11.0. The van der Waals surface area contributed by atoms with Gasteiger partial charge in [-0.1, -0.05) is 29.8 Å². The molecule has 6 nitrogen and oxygen atoms in total. The molecule has 1 aliphatic heterocycles. The van der Waals surface area contributed by atoms with Crippen LogP contribution in [0.4, 0.5) is 0 Å². The highest BCUT2D eigenvalue weighted by Crippen LogP contribution is 2.26. The van der Waals surface area contributed by atoms with Crippen LogP contribution in [0.25, 0.3) is 0 Å². The maximum Gasteiger partial charge on any atom is 0.191 e. The molecule has 1 aromatic carbocycles. The Morgan fingerprint density at radius 1 is 1.18 bits per heavy atom. The van der Waals surface area contributed by atoms with Crippen molar-refractivity contribution < 1.29 is 4.74 Å². The van der Waals surface area contributed by atoms with Gasteiger partial charge in [0.15, 0.2) is 5.96 Å². The second-order valence-electron chi connectivity index (χ2n) is 6.83. The summed E-state index contributed by atoms with van der Waals surface area (Å²) in [6.07, 6.45) is 4.28. The number of methoxy groups -OCH3 is 1. The average molecular weight is 402 g/mol. The number of halogens is 1. The lowest BCUT2D eigenvalue weighted by Crippen LogP contribution is -2.42. The molecule has 1 fully saturated rings. The lowest BCUT2D eigenvalue weighted by molar-refractivity contribution is 0.245. The first-order chi connectivity index (χ1) is 13.7. The Kier molecular flexibility index (Phi) is 7.51. The van der Waals surface area contributed by atoms with E-state index in [0.29, 0.717) is 17.7 Å². The van der Waals surface area contributed by atoms with Crippen LogP contribution >= 0.6 is 11.6 Å². The van der Waals surface area contributed by atoms with Crippen molar-refractivity contribution in [3.8, 4) is 5.75 Å². The van der Waals surface area contributed by atoms with Crippen LogP contribution < -0.4 is 15.4 Å². The first-order valence-corrected chi connectivity index (χ1v) is 10.0. The number of ether oxygens (including phenoxy) is 1. The van der Waals surface area contributed by atoms with Gasteiger partial charge in [0, 0.05) is 26.3 Å². The number of benzene rings is 1. The molecule has 3 rings (SSSR count). The van der Waals surface area contributed by atoms with Gasteiger partial charge in [-0.3, -0.25) is 9.89 Å². The van der Waals surface area contributed by atoms with Crippen molar-refractivity contribution in [3.63, 3.8) is 0 Å². The van der Waals surface area contributed by atoms with Gasteiger partial charge in [-0.15, -0.1) is 0 Å². The van der Waals surface area contributed by atoms with Crippen molar-refractivity contribution in [2.45, 2.75) is 25.4 Å². The Labute approximate surface area is 172 Å². The number of pyridine rings is 1. The fraction of sp³-hybridized carbons (Fsp3) is 0.429. The molecule has 28 heavy (non-hydrogen) atoms. The predicted octanol–water partition coefficient (Wildman–Crippen LogP) is 3.25. The predicted molar refractivity (Wildman–Crippen MR) is 114 cm³/mol. The summed E-state index contributed by atoms with van der Waals surface area (Å²) in [7, 11) is 3.48. The van der Waals surface area contributed by atoms with E-state index in [9.17, 15) is 0 Å². The van der Waals surface area contributed by atoms with Crippen LogP contribution in [0.3, 0.4) is 0 Å². The average Bonchev–Trinajstić information content (AvgIpc) is 3.26. The number of likely N-dealkylation sites (tertiary alicyclic amines) is 1. The molecule has 150 valence electrons. The summed E-state index contributed by atoms with van der Waals surface area (Å²) >= 11 is 5.85. The molecule has 0 spiro atoms. The highest BCUT2D eigenvalue weighted by atomic mass is 35.5. The van der Waals surface area contributed by atoms with E-state index in [4.69, 9.17) is 16.3 Å². The van der Waals surface area contributed by atoms with Crippen molar-refractivity contribution in [1.82, 2.24) is 20.5 Å². The Morgan fingerprint density at radius 2 is 1.93 bits per heavy atom. The van der Waals surface area contributed by atoms with E-state index in [1.807, 2.05) is 18.2 Å². The first kappa shape index (κ1) is 20.4. The third-order valence-corrected chi connectivity index (χ3v) is 5.24. The van der Waals surface area contributed by atoms with E-state index in [2.05, 4.69) is 37.6 Å². The molecule has 0 bridgehead atoms. The normalized spacial score (nSPS) is 16.0. The quantitative estimate of drug-likeness (QED) is 0.423. The molecule has 0 radical (unpaired) electrons. The standard InChI is InChI=1S/C21H28ClN5O/c1-23-21(25-14-16-5-10-20(22)24-13-16)26-15-19(27-11-3-4-12-27)17-6-8-18(28-2)9-7-17/h5-10,13,19H,3-4,11-12,14-15H2,1-2H3,(H2,23,25,26). The van der Waals surface area contributed by atoms with Crippen LogP contribution in [0.5, 0.6) is 5.75 Å². The smallest absolute Gasteiger partial charge is 0.191 e. The SMILES string of the molecule is CN=C(NCc1ccc(Cl)nc1)NCC(c1ccc(OC)cc1)N1CCCC1. The summed E-state index contributed by atoms with van der Waals surface area (Å²) in [5, 5.41) is 7.31. The highest BCUT2D eigenvalue weighted by molar-refractivity contribution is 6.29. The monoisotopic (exact) mass is 401 g/mol. The van der Waals surface area contributed by atoms with Gasteiger partial charge in [0.05, 0.1) is 13.2 Å². The van der Waals surface area contributed by atoms with Crippen LogP contribution in [-0.2, 0) is 6.54 Å². The molecule has 7 heteroatoms. The highest BCUT2D eigenvalue weighted by Gasteiger charge is 2.23. The van der Waals surface area contributed by atoms with Crippen LogP contribution in [0.15, 0.2) is 47.6 Å². The Bertz CT molecular complexity index is 757. The molecule has 0 amide bonds. The van der Waals surface area contributed by atoms with Crippen molar-refractivity contribution >= 4 is 17.6 Å². The molecule has 2 heterocycles. The van der Waals surface area contributed by atoms with Gasteiger partial charge in [0.25, 0.3) is 0 Å². The number of guanidine groups is 1. The summed E-state index contributed by atoms with van der Waals surface area (Å²) < 4.78 is 5.30. The molecular weight excluding hydrogens is 374 g/mol. The minimum atomic E-state index is 0.296. The molecule has 1 saturated heterocycles. The maximum absolute atomic E-state index is 5.85. The molecule has 0 saturated carbocycles. The molecule has 0 aliphatic carbocycles. The third kappa shape index (κ3) is 5.59. The van der Waals surface area contributed by atoms with E-state index in [1.54, 1.807) is 26.4 Å². The lowest BCUT2D eigenvalue weighted by Gasteiger charge is -2.29. The zero-order valence-corrected chi connectivity index (χ0v) is 17.2. The number of hydrogen-bond donors (Lipinski definition) is 2. The zero-order chi connectivity index (χ0) is 19.8. The molecule has 1 aliphatic rings. The minimum Gasteiger partial charge on any atom is -0.497 e. The molecule has 2 aromatic rings. The van der Waals surface area contributed by atoms with E-state index in [0.717, 1.165) is 36.9 Å². The van der Waals surface area contributed by atoms with Gasteiger partial charge in [0.2, 0.25) is 0 Å². The summed E-state index contributed by atoms with van der Waals surface area (Å²) in [5.74, 6) is 1.65. The zero-order valence-electron chi connectivity index (χ0n) is 16.5. The number of aliphatic imine (C=N–C) groups is 1. The summed E-state index contributed by atoms with van der Waals surface area (Å²) in [6.45, 7) is 3.67. The van der Waals surface area contributed by atoms with Crippen LogP contribution in [0.1, 0.15) is 30.0 Å². The van der Waals surface area contributed by atoms with Crippen molar-refractivity contribution in [2.24, 2.45) is 4.99 Å². The molecule has 1 aromatic heterocycles. The third-order valence-electron chi connectivity index (χ3n) is 5.02.